The average Bonchev–Trinajstić information content (AvgIpc) is 3.06. The smallest absolute Gasteiger partial charge is 0.251 e. The number of carbonyl (C=O) groups excluding carboxylic acids is 2. The van der Waals surface area contributed by atoms with Gasteiger partial charge in [0.1, 0.15) is 0 Å². The molecule has 0 aliphatic rings. The molecule has 0 saturated carbocycles. The standard InChI is InChI=1S/C22H22ClN3O2/c1-14(27)9-18(24)8-7-16-12-21-17(11-20(16)23)10-19(26-21)13-25-22(28)15-5-3-2-4-6-15/h2-6,9-12,26H,7-8,13,24H2,1H3,(H,25,28)/b18-9-. The van der Waals surface area contributed by atoms with Crippen LogP contribution in [0.15, 0.2) is 60.3 Å². The van der Waals surface area contributed by atoms with Gasteiger partial charge in [0.25, 0.3) is 5.91 Å². The molecule has 2 aromatic carbocycles. The van der Waals surface area contributed by atoms with Crippen molar-refractivity contribution in [3.63, 3.8) is 0 Å². The maximum atomic E-state index is 12.2. The summed E-state index contributed by atoms with van der Waals surface area (Å²) in [5, 5.41) is 4.54. The number of nitrogens with two attached hydrogens (primary N) is 1. The Labute approximate surface area is 168 Å². The number of aromatic nitrogens is 1. The van der Waals surface area contributed by atoms with Gasteiger partial charge >= 0.3 is 0 Å². The number of nitrogens with one attached hydrogen (secondary N) is 2. The van der Waals surface area contributed by atoms with Crippen LogP contribution in [-0.2, 0) is 17.8 Å². The lowest BCUT2D eigenvalue weighted by Gasteiger charge is -2.05. The Morgan fingerprint density at radius 1 is 1.18 bits per heavy atom. The number of hydrogen-bond acceptors (Lipinski definition) is 3. The first-order valence-corrected chi connectivity index (χ1v) is 9.40. The van der Waals surface area contributed by atoms with Gasteiger partial charge in [0.05, 0.1) is 6.54 Å². The van der Waals surface area contributed by atoms with Crippen molar-refractivity contribution < 1.29 is 9.59 Å². The van der Waals surface area contributed by atoms with Crippen molar-refractivity contribution in [2.24, 2.45) is 5.73 Å². The largest absolute Gasteiger partial charge is 0.402 e. The minimum atomic E-state index is -0.120. The zero-order chi connectivity index (χ0) is 20.1. The van der Waals surface area contributed by atoms with E-state index in [0.717, 1.165) is 22.2 Å². The third-order valence-electron chi connectivity index (χ3n) is 4.39. The van der Waals surface area contributed by atoms with E-state index in [1.807, 2.05) is 36.4 Å². The second-order valence-electron chi connectivity index (χ2n) is 6.70. The number of ketones is 1. The van der Waals surface area contributed by atoms with Crippen LogP contribution < -0.4 is 11.1 Å². The average molecular weight is 396 g/mol. The molecule has 144 valence electrons. The van der Waals surface area contributed by atoms with E-state index in [4.69, 9.17) is 17.3 Å². The maximum Gasteiger partial charge on any atom is 0.251 e. The number of aryl methyl sites for hydroxylation is 1. The number of H-pyrrole nitrogens is 1. The van der Waals surface area contributed by atoms with E-state index in [0.29, 0.717) is 35.7 Å². The van der Waals surface area contributed by atoms with E-state index >= 15 is 0 Å². The van der Waals surface area contributed by atoms with Crippen LogP contribution >= 0.6 is 11.6 Å². The molecule has 0 saturated heterocycles. The lowest BCUT2D eigenvalue weighted by atomic mass is 10.1. The number of carbonyl (C=O) groups is 2. The molecule has 1 heterocycles. The lowest BCUT2D eigenvalue weighted by molar-refractivity contribution is -0.112. The molecule has 3 rings (SSSR count). The fourth-order valence-electron chi connectivity index (χ4n) is 3.02. The number of amides is 1. The van der Waals surface area contributed by atoms with Crippen LogP contribution in [0.5, 0.6) is 0 Å². The summed E-state index contributed by atoms with van der Waals surface area (Å²) in [7, 11) is 0. The molecule has 4 N–H and O–H groups in total. The Morgan fingerprint density at radius 2 is 1.93 bits per heavy atom. The van der Waals surface area contributed by atoms with Gasteiger partial charge < -0.3 is 16.0 Å². The Kier molecular flexibility index (Phi) is 6.16. The molecule has 28 heavy (non-hydrogen) atoms. The topological polar surface area (TPSA) is 88.0 Å². The molecule has 0 aliphatic heterocycles. The SMILES string of the molecule is CC(=O)/C=C(\N)CCc1cc2[nH]c(CNC(=O)c3ccccc3)cc2cc1Cl. The molecule has 1 aromatic heterocycles. The number of fused-ring (bicyclic) bond motifs is 1. The summed E-state index contributed by atoms with van der Waals surface area (Å²) in [4.78, 5) is 26.6. The van der Waals surface area contributed by atoms with E-state index in [-0.39, 0.29) is 11.7 Å². The predicted octanol–water partition coefficient (Wildman–Crippen LogP) is 4.12. The summed E-state index contributed by atoms with van der Waals surface area (Å²) < 4.78 is 0. The number of aromatic amines is 1. The quantitative estimate of drug-likeness (QED) is 0.526. The first kappa shape index (κ1) is 19.7. The molecule has 3 aromatic rings. The van der Waals surface area contributed by atoms with Gasteiger partial charge in [-0.15, -0.1) is 0 Å². The van der Waals surface area contributed by atoms with Gasteiger partial charge in [-0.05, 0) is 61.7 Å². The molecule has 0 bridgehead atoms. The second kappa shape index (κ2) is 8.76. The Bertz CT molecular complexity index is 1040. The van der Waals surface area contributed by atoms with Gasteiger partial charge in [-0.2, -0.15) is 0 Å². The maximum absolute atomic E-state index is 12.2. The third-order valence-corrected chi connectivity index (χ3v) is 4.74. The molecule has 0 unspecified atom stereocenters. The van der Waals surface area contributed by atoms with E-state index in [9.17, 15) is 9.59 Å². The van der Waals surface area contributed by atoms with Crippen molar-refractivity contribution >= 4 is 34.2 Å². The van der Waals surface area contributed by atoms with E-state index in [1.165, 1.54) is 13.0 Å². The van der Waals surface area contributed by atoms with Gasteiger partial charge in [0.2, 0.25) is 0 Å². The fraction of sp³-hybridized carbons (Fsp3) is 0.182. The molecule has 0 spiro atoms. The van der Waals surface area contributed by atoms with E-state index in [2.05, 4.69) is 10.3 Å². The highest BCUT2D eigenvalue weighted by molar-refractivity contribution is 6.32. The number of rotatable bonds is 7. The Balaban J connectivity index is 1.69. The highest BCUT2D eigenvalue weighted by Crippen LogP contribution is 2.26. The monoisotopic (exact) mass is 395 g/mol. The minimum Gasteiger partial charge on any atom is -0.402 e. The summed E-state index contributed by atoms with van der Waals surface area (Å²) in [6.07, 6.45) is 2.64. The summed E-state index contributed by atoms with van der Waals surface area (Å²) in [5.74, 6) is -0.184. The van der Waals surface area contributed by atoms with Gasteiger partial charge in [-0.1, -0.05) is 29.8 Å². The molecular weight excluding hydrogens is 374 g/mol. The summed E-state index contributed by atoms with van der Waals surface area (Å²) in [6, 6.07) is 15.0. The molecule has 0 atom stereocenters. The van der Waals surface area contributed by atoms with Gasteiger partial charge in [-0.25, -0.2) is 0 Å². The van der Waals surface area contributed by atoms with Gasteiger partial charge in [-0.3, -0.25) is 9.59 Å². The first-order chi connectivity index (χ1) is 13.4. The minimum absolute atomic E-state index is 0.0643. The fourth-order valence-corrected chi connectivity index (χ4v) is 3.29. The zero-order valence-corrected chi connectivity index (χ0v) is 16.3. The van der Waals surface area contributed by atoms with Crippen LogP contribution in [0.25, 0.3) is 10.9 Å². The highest BCUT2D eigenvalue weighted by atomic mass is 35.5. The lowest BCUT2D eigenvalue weighted by Crippen LogP contribution is -2.22. The van der Waals surface area contributed by atoms with Gasteiger partial charge in [0.15, 0.2) is 5.78 Å². The van der Waals surface area contributed by atoms with E-state index in [1.54, 1.807) is 12.1 Å². The zero-order valence-electron chi connectivity index (χ0n) is 15.6. The number of allylic oxidation sites excluding steroid dienone is 2. The van der Waals surface area contributed by atoms with Crippen LogP contribution in [0.3, 0.4) is 0 Å². The second-order valence-corrected chi connectivity index (χ2v) is 7.11. The Morgan fingerprint density at radius 3 is 2.64 bits per heavy atom. The predicted molar refractivity (Wildman–Crippen MR) is 112 cm³/mol. The molecule has 0 radical (unpaired) electrons. The number of hydrogen-bond donors (Lipinski definition) is 3. The van der Waals surface area contributed by atoms with Gasteiger partial charge in [0, 0.05) is 32.9 Å². The van der Waals surface area contributed by atoms with Crippen molar-refractivity contribution in [2.75, 3.05) is 0 Å². The van der Waals surface area contributed by atoms with Crippen LogP contribution in [0.4, 0.5) is 0 Å². The van der Waals surface area contributed by atoms with Crippen LogP contribution in [0.1, 0.15) is 35.0 Å². The molecule has 6 heteroatoms. The summed E-state index contributed by atoms with van der Waals surface area (Å²) in [6.45, 7) is 1.87. The van der Waals surface area contributed by atoms with Crippen molar-refractivity contribution in [3.05, 3.63) is 82.1 Å². The highest BCUT2D eigenvalue weighted by Gasteiger charge is 2.09. The van der Waals surface area contributed by atoms with Crippen LogP contribution in [0, 0.1) is 0 Å². The van der Waals surface area contributed by atoms with Crippen molar-refractivity contribution in [3.8, 4) is 0 Å². The molecule has 1 amide bonds. The summed E-state index contributed by atoms with van der Waals surface area (Å²) >= 11 is 6.40. The normalized spacial score (nSPS) is 11.6. The molecule has 0 fully saturated rings. The van der Waals surface area contributed by atoms with Crippen molar-refractivity contribution in [1.82, 2.24) is 10.3 Å². The Hall–Kier alpha value is -3.05. The molecular formula is C22H22ClN3O2. The molecule has 5 nitrogen and oxygen atoms in total. The van der Waals surface area contributed by atoms with Crippen LogP contribution in [0.2, 0.25) is 5.02 Å². The summed E-state index contributed by atoms with van der Waals surface area (Å²) in [5.41, 5.74) is 9.81. The van der Waals surface area contributed by atoms with Crippen molar-refractivity contribution in [2.45, 2.75) is 26.3 Å². The number of benzene rings is 2. The number of halogens is 1. The van der Waals surface area contributed by atoms with E-state index < -0.39 is 0 Å². The first-order valence-electron chi connectivity index (χ1n) is 9.02. The third kappa shape index (κ3) is 5.02. The van der Waals surface area contributed by atoms with Crippen molar-refractivity contribution in [1.29, 1.82) is 0 Å². The van der Waals surface area contributed by atoms with Crippen LogP contribution in [-0.4, -0.2) is 16.7 Å². The molecule has 0 aliphatic carbocycles.